The van der Waals surface area contributed by atoms with Crippen LogP contribution in [0.1, 0.15) is 12.0 Å². The molecule has 0 atom stereocenters. The van der Waals surface area contributed by atoms with Crippen molar-refractivity contribution >= 4 is 0 Å². The van der Waals surface area contributed by atoms with Crippen LogP contribution in [0, 0.1) is 17.1 Å². The molecule has 0 spiro atoms. The first-order valence-electron chi connectivity index (χ1n) is 4.23. The molecule has 2 nitrogen and oxygen atoms in total. The fourth-order valence-electron chi connectivity index (χ4n) is 1.10. The van der Waals surface area contributed by atoms with Gasteiger partial charge in [0.15, 0.2) is 0 Å². The molecule has 0 fully saturated rings. The molecule has 0 amide bonds. The van der Waals surface area contributed by atoms with E-state index in [-0.39, 0.29) is 18.6 Å². The molecule has 1 aromatic carbocycles. The topological polar surface area (TPSA) is 33.0 Å². The fourth-order valence-corrected chi connectivity index (χ4v) is 1.10. The van der Waals surface area contributed by atoms with Crippen molar-refractivity contribution < 1.29 is 17.9 Å². The molecule has 0 saturated heterocycles. The highest BCUT2D eigenvalue weighted by Crippen LogP contribution is 2.19. The molecule has 0 unspecified atom stereocenters. The largest absolute Gasteiger partial charge is 0.435 e. The van der Waals surface area contributed by atoms with Crippen LogP contribution in [0.15, 0.2) is 18.2 Å². The molecule has 80 valence electrons. The third kappa shape index (κ3) is 3.50. The quantitative estimate of drug-likeness (QED) is 0.773. The lowest BCUT2D eigenvalue weighted by molar-refractivity contribution is -0.0500. The van der Waals surface area contributed by atoms with E-state index in [1.165, 1.54) is 12.1 Å². The summed E-state index contributed by atoms with van der Waals surface area (Å²) >= 11 is 0. The van der Waals surface area contributed by atoms with Crippen molar-refractivity contribution in [2.45, 2.75) is 19.5 Å². The number of hydrogen-bond donors (Lipinski definition) is 0. The predicted octanol–water partition coefficient (Wildman–Crippen LogP) is 2.88. The highest BCUT2D eigenvalue weighted by molar-refractivity contribution is 5.29. The lowest BCUT2D eigenvalue weighted by Gasteiger charge is -2.06. The molecule has 0 aliphatic heterocycles. The molecule has 0 aliphatic rings. The van der Waals surface area contributed by atoms with Crippen LogP contribution in [-0.2, 0) is 6.42 Å². The van der Waals surface area contributed by atoms with Gasteiger partial charge in [0.05, 0.1) is 6.07 Å². The second-order valence-electron chi connectivity index (χ2n) is 2.79. The Morgan fingerprint density at radius 2 is 2.13 bits per heavy atom. The number of aryl methyl sites for hydroxylation is 1. The van der Waals surface area contributed by atoms with Crippen LogP contribution in [0.3, 0.4) is 0 Å². The molecule has 0 N–H and O–H groups in total. The van der Waals surface area contributed by atoms with Crippen LogP contribution >= 0.6 is 0 Å². The highest BCUT2D eigenvalue weighted by Gasteiger charge is 2.07. The molecule has 0 radical (unpaired) electrons. The van der Waals surface area contributed by atoms with Gasteiger partial charge in [-0.2, -0.15) is 14.0 Å². The highest BCUT2D eigenvalue weighted by atomic mass is 19.3. The van der Waals surface area contributed by atoms with Gasteiger partial charge in [-0.05, 0) is 18.1 Å². The molecular weight excluding hydrogens is 207 g/mol. The molecule has 0 aromatic heterocycles. The molecule has 5 heteroatoms. The van der Waals surface area contributed by atoms with Crippen molar-refractivity contribution in [3.63, 3.8) is 0 Å². The lowest BCUT2D eigenvalue weighted by Crippen LogP contribution is -2.02. The average molecular weight is 215 g/mol. The summed E-state index contributed by atoms with van der Waals surface area (Å²) < 4.78 is 40.7. The number of rotatable bonds is 4. The molecular formula is C10H8F3NO. The van der Waals surface area contributed by atoms with Gasteiger partial charge < -0.3 is 4.74 Å². The summed E-state index contributed by atoms with van der Waals surface area (Å²) in [4.78, 5) is 0. The van der Waals surface area contributed by atoms with Gasteiger partial charge in [-0.1, -0.05) is 6.07 Å². The Hall–Kier alpha value is -1.70. The summed E-state index contributed by atoms with van der Waals surface area (Å²) in [6, 6.07) is 5.35. The van der Waals surface area contributed by atoms with Crippen molar-refractivity contribution in [2.75, 3.05) is 0 Å². The minimum absolute atomic E-state index is 0.186. The number of hydrogen-bond acceptors (Lipinski definition) is 2. The summed E-state index contributed by atoms with van der Waals surface area (Å²) in [5, 5.41) is 8.30. The van der Waals surface area contributed by atoms with Gasteiger partial charge in [-0.3, -0.25) is 0 Å². The Bertz CT molecular complexity index is 373. The van der Waals surface area contributed by atoms with Crippen molar-refractivity contribution in [3.05, 3.63) is 29.6 Å². The third-order valence-electron chi connectivity index (χ3n) is 1.76. The summed E-state index contributed by atoms with van der Waals surface area (Å²) in [6.07, 6.45) is 0.448. The van der Waals surface area contributed by atoms with Crippen molar-refractivity contribution in [1.29, 1.82) is 5.26 Å². The minimum atomic E-state index is -2.96. The van der Waals surface area contributed by atoms with Crippen LogP contribution in [0.2, 0.25) is 0 Å². The molecule has 0 saturated carbocycles. The normalized spacial score (nSPS) is 10.1. The summed E-state index contributed by atoms with van der Waals surface area (Å²) in [5.74, 6) is -0.855. The molecule has 15 heavy (non-hydrogen) atoms. The van der Waals surface area contributed by atoms with Gasteiger partial charge in [0, 0.05) is 12.5 Å². The molecule has 1 rings (SSSR count). The average Bonchev–Trinajstić information content (AvgIpc) is 2.15. The first-order valence-corrected chi connectivity index (χ1v) is 4.23. The van der Waals surface area contributed by atoms with E-state index < -0.39 is 12.4 Å². The fraction of sp³-hybridized carbons (Fsp3) is 0.300. The number of ether oxygens (including phenoxy) is 1. The van der Waals surface area contributed by atoms with Gasteiger partial charge in [0.2, 0.25) is 0 Å². The standard InChI is InChI=1S/C10H8F3NO/c11-9-6-8(15-10(12)13)4-3-7(9)2-1-5-14/h3-4,6,10H,1-2H2. The van der Waals surface area contributed by atoms with Gasteiger partial charge in [0.1, 0.15) is 11.6 Å². The van der Waals surface area contributed by atoms with E-state index in [0.717, 1.165) is 6.07 Å². The molecule has 1 aromatic rings. The van der Waals surface area contributed by atoms with Crippen LogP contribution in [0.4, 0.5) is 13.2 Å². The Kier molecular flexibility index (Phi) is 3.98. The molecule has 0 heterocycles. The summed E-state index contributed by atoms with van der Waals surface area (Å²) in [7, 11) is 0. The number of benzene rings is 1. The van der Waals surface area contributed by atoms with Crippen molar-refractivity contribution in [2.24, 2.45) is 0 Å². The minimum Gasteiger partial charge on any atom is -0.435 e. The van der Waals surface area contributed by atoms with E-state index in [1.807, 2.05) is 6.07 Å². The lowest BCUT2D eigenvalue weighted by atomic mass is 10.1. The zero-order chi connectivity index (χ0) is 11.3. The number of halogens is 3. The second-order valence-corrected chi connectivity index (χ2v) is 2.79. The van der Waals surface area contributed by atoms with Crippen LogP contribution < -0.4 is 4.74 Å². The third-order valence-corrected chi connectivity index (χ3v) is 1.76. The smallest absolute Gasteiger partial charge is 0.387 e. The second kappa shape index (κ2) is 5.25. The zero-order valence-corrected chi connectivity index (χ0v) is 7.71. The number of alkyl halides is 2. The van der Waals surface area contributed by atoms with E-state index in [1.54, 1.807) is 0 Å². The van der Waals surface area contributed by atoms with Gasteiger partial charge >= 0.3 is 6.61 Å². The maximum absolute atomic E-state index is 13.2. The van der Waals surface area contributed by atoms with Crippen molar-refractivity contribution in [3.8, 4) is 11.8 Å². The SMILES string of the molecule is N#CCCc1ccc(OC(F)F)cc1F. The maximum Gasteiger partial charge on any atom is 0.387 e. The van der Waals surface area contributed by atoms with Crippen molar-refractivity contribution in [1.82, 2.24) is 0 Å². The van der Waals surface area contributed by atoms with Crippen LogP contribution in [0.5, 0.6) is 5.75 Å². The molecule has 0 bridgehead atoms. The maximum atomic E-state index is 13.2. The van der Waals surface area contributed by atoms with Crippen LogP contribution in [0.25, 0.3) is 0 Å². The summed E-state index contributed by atoms with van der Waals surface area (Å²) in [5.41, 5.74) is 0.318. The summed E-state index contributed by atoms with van der Waals surface area (Å²) in [6.45, 7) is -2.96. The monoisotopic (exact) mass is 215 g/mol. The number of nitriles is 1. The zero-order valence-electron chi connectivity index (χ0n) is 7.71. The van der Waals surface area contributed by atoms with Crippen LogP contribution in [-0.4, -0.2) is 6.61 Å². The first kappa shape index (κ1) is 11.4. The van der Waals surface area contributed by atoms with Gasteiger partial charge in [-0.25, -0.2) is 4.39 Å². The Balaban J connectivity index is 2.75. The Morgan fingerprint density at radius 1 is 1.40 bits per heavy atom. The van der Waals surface area contributed by atoms with E-state index in [9.17, 15) is 13.2 Å². The predicted molar refractivity (Wildman–Crippen MR) is 47.0 cm³/mol. The Labute approximate surface area is 84.9 Å². The van der Waals surface area contributed by atoms with E-state index in [2.05, 4.69) is 4.74 Å². The Morgan fingerprint density at radius 3 is 2.67 bits per heavy atom. The van der Waals surface area contributed by atoms with E-state index >= 15 is 0 Å². The first-order chi connectivity index (χ1) is 7.13. The molecule has 0 aliphatic carbocycles. The van der Waals surface area contributed by atoms with E-state index in [4.69, 9.17) is 5.26 Å². The van der Waals surface area contributed by atoms with Gasteiger partial charge in [0.25, 0.3) is 0 Å². The number of nitrogens with zero attached hydrogens (tertiary/aromatic N) is 1. The van der Waals surface area contributed by atoms with E-state index in [0.29, 0.717) is 5.56 Å². The van der Waals surface area contributed by atoms with Gasteiger partial charge in [-0.15, -0.1) is 0 Å².